The second kappa shape index (κ2) is 7.83. The highest BCUT2D eigenvalue weighted by Crippen LogP contribution is 2.13. The van der Waals surface area contributed by atoms with E-state index in [0.717, 1.165) is 0 Å². The fraction of sp³-hybridized carbons (Fsp3) is 0.385. The van der Waals surface area contributed by atoms with Gasteiger partial charge < -0.3 is 20.1 Å². The monoisotopic (exact) mass is 295 g/mol. The van der Waals surface area contributed by atoms with Crippen LogP contribution in [0.25, 0.3) is 0 Å². The molecule has 0 spiro atoms. The van der Waals surface area contributed by atoms with E-state index in [0.29, 0.717) is 13.0 Å². The quantitative estimate of drug-likeness (QED) is 0.763. The zero-order chi connectivity index (χ0) is 15.8. The molecule has 1 heterocycles. The average molecular weight is 295 g/mol. The van der Waals surface area contributed by atoms with E-state index < -0.39 is 18.0 Å². The maximum atomic E-state index is 12.1. The highest BCUT2D eigenvalue weighted by Gasteiger charge is 2.19. The normalized spacial score (nSPS) is 9.81. The number of aromatic carboxylic acids is 1. The van der Waals surface area contributed by atoms with Gasteiger partial charge in [-0.1, -0.05) is 6.92 Å². The molecule has 0 aliphatic heterocycles. The van der Waals surface area contributed by atoms with Crippen LogP contribution in [0.15, 0.2) is 18.3 Å². The molecule has 114 valence electrons. The van der Waals surface area contributed by atoms with Gasteiger partial charge >= 0.3 is 18.0 Å². The maximum Gasteiger partial charge on any atom is 0.356 e. The van der Waals surface area contributed by atoms with Crippen molar-refractivity contribution in [3.05, 3.63) is 24.0 Å². The van der Waals surface area contributed by atoms with Gasteiger partial charge in [-0.2, -0.15) is 0 Å². The molecular formula is C13H17N3O5. The summed E-state index contributed by atoms with van der Waals surface area (Å²) in [5.41, 5.74) is -0.193. The van der Waals surface area contributed by atoms with Crippen LogP contribution in [0.1, 0.15) is 23.8 Å². The van der Waals surface area contributed by atoms with E-state index in [1.807, 2.05) is 6.92 Å². The number of urea groups is 1. The molecule has 0 saturated carbocycles. The van der Waals surface area contributed by atoms with Crippen LogP contribution in [0, 0.1) is 0 Å². The number of anilines is 1. The summed E-state index contributed by atoms with van der Waals surface area (Å²) in [7, 11) is 1.23. The Morgan fingerprint density at radius 3 is 2.71 bits per heavy atom. The molecule has 0 bridgehead atoms. The molecule has 1 aromatic rings. The first-order valence-corrected chi connectivity index (χ1v) is 6.30. The molecule has 8 nitrogen and oxygen atoms in total. The number of hydrogen-bond acceptors (Lipinski definition) is 5. The van der Waals surface area contributed by atoms with Gasteiger partial charge in [0.2, 0.25) is 0 Å². The molecule has 0 saturated heterocycles. The van der Waals surface area contributed by atoms with Gasteiger partial charge in [0.1, 0.15) is 6.54 Å². The first kappa shape index (κ1) is 16.4. The number of carbonyl (C=O) groups is 3. The van der Waals surface area contributed by atoms with Crippen molar-refractivity contribution in [3.63, 3.8) is 0 Å². The highest BCUT2D eigenvalue weighted by atomic mass is 16.5. The van der Waals surface area contributed by atoms with Crippen molar-refractivity contribution in [2.45, 2.75) is 13.3 Å². The summed E-state index contributed by atoms with van der Waals surface area (Å²) < 4.78 is 4.52. The number of pyridine rings is 1. The smallest absolute Gasteiger partial charge is 0.356 e. The van der Waals surface area contributed by atoms with Crippen molar-refractivity contribution in [2.24, 2.45) is 0 Å². The number of ether oxygens (including phenoxy) is 1. The van der Waals surface area contributed by atoms with E-state index >= 15 is 0 Å². The predicted octanol–water partition coefficient (Wildman–Crippen LogP) is 1.20. The number of amides is 2. The third-order valence-electron chi connectivity index (χ3n) is 2.58. The van der Waals surface area contributed by atoms with Crippen LogP contribution in [0.2, 0.25) is 0 Å². The molecular weight excluding hydrogens is 278 g/mol. The standard InChI is InChI=1S/C13H17N3O5/c1-3-7-16(8-10(17)21-2)13(20)15-9-5-4-6-14-11(9)12(18)19/h4-6H,3,7-8H2,1-2H3,(H,15,20)(H,18,19). The van der Waals surface area contributed by atoms with E-state index in [1.165, 1.54) is 30.3 Å². The zero-order valence-electron chi connectivity index (χ0n) is 11.8. The number of aromatic nitrogens is 1. The second-order valence-electron chi connectivity index (χ2n) is 4.13. The summed E-state index contributed by atoms with van der Waals surface area (Å²) in [5.74, 6) is -1.80. The van der Waals surface area contributed by atoms with E-state index in [1.54, 1.807) is 0 Å². The fourth-order valence-corrected chi connectivity index (χ4v) is 1.61. The van der Waals surface area contributed by atoms with Crippen LogP contribution in [-0.4, -0.2) is 53.2 Å². The lowest BCUT2D eigenvalue weighted by Gasteiger charge is -2.21. The van der Waals surface area contributed by atoms with Gasteiger partial charge in [-0.3, -0.25) is 4.79 Å². The van der Waals surface area contributed by atoms with Crippen molar-refractivity contribution in [3.8, 4) is 0 Å². The van der Waals surface area contributed by atoms with Crippen LogP contribution >= 0.6 is 0 Å². The van der Waals surface area contributed by atoms with Gasteiger partial charge in [0.15, 0.2) is 5.69 Å². The van der Waals surface area contributed by atoms with Crippen molar-refractivity contribution in [2.75, 3.05) is 25.5 Å². The van der Waals surface area contributed by atoms with Crippen molar-refractivity contribution < 1.29 is 24.2 Å². The molecule has 1 aromatic heterocycles. The number of carboxylic acids is 1. The van der Waals surface area contributed by atoms with Gasteiger partial charge in [0.05, 0.1) is 12.8 Å². The van der Waals surface area contributed by atoms with Gasteiger partial charge in [-0.25, -0.2) is 14.6 Å². The fourth-order valence-electron chi connectivity index (χ4n) is 1.61. The SMILES string of the molecule is CCCN(CC(=O)OC)C(=O)Nc1cccnc1C(=O)O. The van der Waals surface area contributed by atoms with Crippen molar-refractivity contribution in [1.29, 1.82) is 0 Å². The molecule has 0 unspecified atom stereocenters. The third-order valence-corrected chi connectivity index (χ3v) is 2.58. The van der Waals surface area contributed by atoms with Crippen LogP contribution in [0.4, 0.5) is 10.5 Å². The average Bonchev–Trinajstić information content (AvgIpc) is 2.46. The second-order valence-corrected chi connectivity index (χ2v) is 4.13. The van der Waals surface area contributed by atoms with Crippen molar-refractivity contribution >= 4 is 23.7 Å². The molecule has 0 aliphatic carbocycles. The van der Waals surface area contributed by atoms with Gasteiger partial charge in [-0.15, -0.1) is 0 Å². The van der Waals surface area contributed by atoms with E-state index in [-0.39, 0.29) is 17.9 Å². The molecule has 0 aromatic carbocycles. The Morgan fingerprint density at radius 2 is 2.14 bits per heavy atom. The summed E-state index contributed by atoms with van der Waals surface area (Å²) >= 11 is 0. The molecule has 2 amide bonds. The van der Waals surface area contributed by atoms with Crippen molar-refractivity contribution in [1.82, 2.24) is 9.88 Å². The third kappa shape index (κ3) is 4.75. The van der Waals surface area contributed by atoms with Crippen LogP contribution in [-0.2, 0) is 9.53 Å². The molecule has 2 N–H and O–H groups in total. The Morgan fingerprint density at radius 1 is 1.43 bits per heavy atom. The lowest BCUT2D eigenvalue weighted by atomic mass is 10.3. The topological polar surface area (TPSA) is 109 Å². The number of carbonyl (C=O) groups excluding carboxylic acids is 2. The molecule has 0 radical (unpaired) electrons. The summed E-state index contributed by atoms with van der Waals surface area (Å²) in [6, 6.07) is 2.35. The zero-order valence-corrected chi connectivity index (χ0v) is 11.8. The largest absolute Gasteiger partial charge is 0.476 e. The Kier molecular flexibility index (Phi) is 6.12. The minimum Gasteiger partial charge on any atom is -0.476 e. The Labute approximate surface area is 121 Å². The number of esters is 1. The number of rotatable bonds is 6. The molecule has 21 heavy (non-hydrogen) atoms. The number of carboxylic acid groups (broad SMARTS) is 1. The lowest BCUT2D eigenvalue weighted by molar-refractivity contribution is -0.141. The van der Waals surface area contributed by atoms with Gasteiger partial charge in [0, 0.05) is 12.7 Å². The molecule has 1 rings (SSSR count). The summed E-state index contributed by atoms with van der Waals surface area (Å²) in [5, 5.41) is 11.4. The Hall–Kier alpha value is -2.64. The number of methoxy groups -OCH3 is 1. The van der Waals surface area contributed by atoms with Gasteiger partial charge in [0.25, 0.3) is 0 Å². The van der Waals surface area contributed by atoms with Crippen LogP contribution < -0.4 is 5.32 Å². The maximum absolute atomic E-state index is 12.1. The Bertz CT molecular complexity index is 532. The number of hydrogen-bond donors (Lipinski definition) is 2. The highest BCUT2D eigenvalue weighted by molar-refractivity contribution is 5.99. The summed E-state index contributed by atoms with van der Waals surface area (Å²) in [6.45, 7) is 1.98. The van der Waals surface area contributed by atoms with Crippen LogP contribution in [0.5, 0.6) is 0 Å². The molecule has 0 atom stereocenters. The summed E-state index contributed by atoms with van der Waals surface area (Å²) in [4.78, 5) is 39.3. The minimum absolute atomic E-state index is 0.0703. The molecule has 0 aliphatic rings. The number of nitrogens with zero attached hydrogens (tertiary/aromatic N) is 2. The number of nitrogens with one attached hydrogen (secondary N) is 1. The van der Waals surface area contributed by atoms with E-state index in [2.05, 4.69) is 15.0 Å². The minimum atomic E-state index is -1.25. The van der Waals surface area contributed by atoms with E-state index in [9.17, 15) is 14.4 Å². The lowest BCUT2D eigenvalue weighted by Crippen LogP contribution is -2.40. The van der Waals surface area contributed by atoms with E-state index in [4.69, 9.17) is 5.11 Å². The van der Waals surface area contributed by atoms with Gasteiger partial charge in [-0.05, 0) is 18.6 Å². The van der Waals surface area contributed by atoms with Crippen LogP contribution in [0.3, 0.4) is 0 Å². The molecule has 8 heteroatoms. The molecule has 0 fully saturated rings. The Balaban J connectivity index is 2.86. The summed E-state index contributed by atoms with van der Waals surface area (Å²) in [6.07, 6.45) is 1.96. The predicted molar refractivity (Wildman–Crippen MR) is 74.1 cm³/mol. The first-order chi connectivity index (χ1) is 9.99. The first-order valence-electron chi connectivity index (χ1n) is 6.30.